The van der Waals surface area contributed by atoms with E-state index in [4.69, 9.17) is 4.74 Å². The summed E-state index contributed by atoms with van der Waals surface area (Å²) in [6.45, 7) is 6.51. The zero-order valence-corrected chi connectivity index (χ0v) is 18.8. The van der Waals surface area contributed by atoms with Crippen LogP contribution in [0, 0.1) is 17.7 Å². The number of nitrogens with one attached hydrogen (secondary N) is 2. The van der Waals surface area contributed by atoms with Gasteiger partial charge in [0.05, 0.1) is 6.61 Å². The van der Waals surface area contributed by atoms with Crippen LogP contribution in [0.4, 0.5) is 10.1 Å². The van der Waals surface area contributed by atoms with Crippen molar-refractivity contribution < 1.29 is 22.3 Å². The van der Waals surface area contributed by atoms with E-state index in [1.54, 1.807) is 24.3 Å². The molecule has 0 aliphatic heterocycles. The molecule has 1 fully saturated rings. The number of rotatable bonds is 7. The van der Waals surface area contributed by atoms with Gasteiger partial charge in [-0.2, -0.15) is 0 Å². The lowest BCUT2D eigenvalue weighted by Gasteiger charge is -2.34. The van der Waals surface area contributed by atoms with Gasteiger partial charge in [-0.25, -0.2) is 17.5 Å². The number of carbonyl (C=O) groups is 1. The van der Waals surface area contributed by atoms with Gasteiger partial charge < -0.3 is 10.1 Å². The average Bonchev–Trinajstić information content (AvgIpc) is 2.73. The van der Waals surface area contributed by atoms with Crippen LogP contribution in [0.25, 0.3) is 0 Å². The second-order valence-corrected chi connectivity index (χ2v) is 9.73. The Morgan fingerprint density at radius 3 is 2.52 bits per heavy atom. The maximum atomic E-state index is 14.4. The zero-order chi connectivity index (χ0) is 22.6. The average molecular weight is 449 g/mol. The van der Waals surface area contributed by atoms with Gasteiger partial charge in [-0.1, -0.05) is 26.7 Å². The standard InChI is InChI=1S/C23H29FN2O4S/c1-4-30-19-11-9-18(10-12-19)25-23(27)17-8-13-20(24)22(14-17)31(28,29)26-21-7-5-6-15(2)16(21)3/h8-16,21,26H,4-7H2,1-3H3,(H,25,27)/t15-,16-,21-/m1/s1. The number of hydrogen-bond donors (Lipinski definition) is 2. The highest BCUT2D eigenvalue weighted by molar-refractivity contribution is 7.89. The highest BCUT2D eigenvalue weighted by Gasteiger charge is 2.32. The van der Waals surface area contributed by atoms with Crippen molar-refractivity contribution >= 4 is 21.6 Å². The van der Waals surface area contributed by atoms with E-state index in [0.717, 1.165) is 25.0 Å². The number of anilines is 1. The van der Waals surface area contributed by atoms with Crippen LogP contribution in [0.2, 0.25) is 0 Å². The third-order valence-corrected chi connectivity index (χ3v) is 7.42. The van der Waals surface area contributed by atoms with Crippen LogP contribution in [0.5, 0.6) is 5.75 Å². The zero-order valence-electron chi connectivity index (χ0n) is 18.0. The Labute approximate surface area is 183 Å². The summed E-state index contributed by atoms with van der Waals surface area (Å²) in [4.78, 5) is 12.1. The van der Waals surface area contributed by atoms with E-state index in [0.29, 0.717) is 30.4 Å². The van der Waals surface area contributed by atoms with Crippen molar-refractivity contribution in [3.63, 3.8) is 0 Å². The SMILES string of the molecule is CCOc1ccc(NC(=O)c2ccc(F)c(S(=O)(=O)N[C@@H]3CCC[C@@H](C)[C@H]3C)c2)cc1. The van der Waals surface area contributed by atoms with Crippen molar-refractivity contribution in [3.8, 4) is 5.75 Å². The van der Waals surface area contributed by atoms with Gasteiger partial charge in [0.15, 0.2) is 0 Å². The van der Waals surface area contributed by atoms with Crippen molar-refractivity contribution in [2.24, 2.45) is 11.8 Å². The van der Waals surface area contributed by atoms with Crippen LogP contribution in [0.15, 0.2) is 47.4 Å². The molecule has 8 heteroatoms. The quantitative estimate of drug-likeness (QED) is 0.649. The molecule has 2 aromatic rings. The van der Waals surface area contributed by atoms with E-state index in [-0.39, 0.29) is 17.5 Å². The van der Waals surface area contributed by atoms with Gasteiger partial charge in [-0.05, 0) is 67.6 Å². The molecular weight excluding hydrogens is 419 g/mol. The Morgan fingerprint density at radius 1 is 1.13 bits per heavy atom. The minimum absolute atomic E-state index is 0.0562. The molecule has 0 aromatic heterocycles. The van der Waals surface area contributed by atoms with Gasteiger partial charge in [0.2, 0.25) is 10.0 Å². The summed E-state index contributed by atoms with van der Waals surface area (Å²) >= 11 is 0. The third-order valence-electron chi connectivity index (χ3n) is 5.92. The van der Waals surface area contributed by atoms with Gasteiger partial charge in [0.1, 0.15) is 16.5 Å². The molecule has 2 N–H and O–H groups in total. The van der Waals surface area contributed by atoms with E-state index in [1.807, 2.05) is 13.8 Å². The van der Waals surface area contributed by atoms with Gasteiger partial charge in [0.25, 0.3) is 5.91 Å². The second-order valence-electron chi connectivity index (χ2n) is 8.05. The summed E-state index contributed by atoms with van der Waals surface area (Å²) in [5, 5.41) is 2.69. The maximum Gasteiger partial charge on any atom is 0.255 e. The molecule has 0 radical (unpaired) electrons. The van der Waals surface area contributed by atoms with E-state index in [1.165, 1.54) is 6.07 Å². The van der Waals surface area contributed by atoms with Crippen LogP contribution in [-0.4, -0.2) is 27.0 Å². The highest BCUT2D eigenvalue weighted by Crippen LogP contribution is 2.31. The van der Waals surface area contributed by atoms with E-state index >= 15 is 0 Å². The smallest absolute Gasteiger partial charge is 0.255 e. The fraction of sp³-hybridized carbons (Fsp3) is 0.435. The van der Waals surface area contributed by atoms with Crippen LogP contribution in [0.3, 0.4) is 0 Å². The van der Waals surface area contributed by atoms with Crippen molar-refractivity contribution in [3.05, 3.63) is 53.8 Å². The predicted octanol–water partition coefficient (Wildman–Crippen LogP) is 4.58. The lowest BCUT2D eigenvalue weighted by Crippen LogP contribution is -2.43. The molecule has 0 unspecified atom stereocenters. The highest BCUT2D eigenvalue weighted by atomic mass is 32.2. The van der Waals surface area contributed by atoms with Gasteiger partial charge in [-0.3, -0.25) is 4.79 Å². The summed E-state index contributed by atoms with van der Waals surface area (Å²) in [6.07, 6.45) is 2.69. The first kappa shape index (κ1) is 23.2. The molecule has 2 aromatic carbocycles. The molecule has 31 heavy (non-hydrogen) atoms. The Hall–Kier alpha value is -2.45. The number of carbonyl (C=O) groups excluding carboxylic acids is 1. The Bertz CT molecular complexity index is 1020. The number of amides is 1. The molecule has 1 amide bonds. The largest absolute Gasteiger partial charge is 0.494 e. The second kappa shape index (κ2) is 9.78. The fourth-order valence-electron chi connectivity index (χ4n) is 3.87. The molecule has 1 aliphatic carbocycles. The topological polar surface area (TPSA) is 84.5 Å². The Balaban J connectivity index is 1.77. The molecular formula is C23H29FN2O4S. The first-order valence-corrected chi connectivity index (χ1v) is 12.1. The molecule has 1 saturated carbocycles. The summed E-state index contributed by atoms with van der Waals surface area (Å²) in [5.41, 5.74) is 0.575. The van der Waals surface area contributed by atoms with Crippen molar-refractivity contribution in [1.29, 1.82) is 0 Å². The van der Waals surface area contributed by atoms with Crippen LogP contribution < -0.4 is 14.8 Å². The first-order chi connectivity index (χ1) is 14.7. The minimum atomic E-state index is -4.11. The number of benzene rings is 2. The summed E-state index contributed by atoms with van der Waals surface area (Å²) in [6, 6.07) is 9.89. The van der Waals surface area contributed by atoms with Gasteiger partial charge >= 0.3 is 0 Å². The van der Waals surface area contributed by atoms with Crippen LogP contribution >= 0.6 is 0 Å². The molecule has 6 nitrogen and oxygen atoms in total. The van der Waals surface area contributed by atoms with Gasteiger partial charge in [-0.15, -0.1) is 0 Å². The minimum Gasteiger partial charge on any atom is -0.494 e. The van der Waals surface area contributed by atoms with Crippen LogP contribution in [0.1, 0.15) is 50.4 Å². The predicted molar refractivity (Wildman–Crippen MR) is 118 cm³/mol. The molecule has 3 rings (SSSR count). The van der Waals surface area contributed by atoms with Crippen molar-refractivity contribution in [2.45, 2.75) is 51.0 Å². The lowest BCUT2D eigenvalue weighted by molar-refractivity contribution is 0.102. The number of halogens is 1. The van der Waals surface area contributed by atoms with Crippen molar-refractivity contribution in [2.75, 3.05) is 11.9 Å². The van der Waals surface area contributed by atoms with E-state index in [2.05, 4.69) is 17.0 Å². The summed E-state index contributed by atoms with van der Waals surface area (Å²) < 4.78 is 48.3. The molecule has 0 spiro atoms. The number of sulfonamides is 1. The molecule has 1 aliphatic rings. The number of ether oxygens (including phenoxy) is 1. The monoisotopic (exact) mass is 448 g/mol. The summed E-state index contributed by atoms with van der Waals surface area (Å²) in [7, 11) is -4.11. The maximum absolute atomic E-state index is 14.4. The molecule has 0 heterocycles. The van der Waals surface area contributed by atoms with E-state index in [9.17, 15) is 17.6 Å². The van der Waals surface area contributed by atoms with Crippen LogP contribution in [-0.2, 0) is 10.0 Å². The lowest BCUT2D eigenvalue weighted by atomic mass is 9.78. The van der Waals surface area contributed by atoms with Gasteiger partial charge in [0, 0.05) is 17.3 Å². The van der Waals surface area contributed by atoms with Crippen molar-refractivity contribution in [1.82, 2.24) is 4.72 Å². The third kappa shape index (κ3) is 5.62. The van der Waals surface area contributed by atoms with E-state index < -0.39 is 26.6 Å². The molecule has 0 bridgehead atoms. The molecule has 0 saturated heterocycles. The Morgan fingerprint density at radius 2 is 1.84 bits per heavy atom. The Kier molecular flexibility index (Phi) is 7.33. The normalized spacial score (nSPS) is 21.5. The molecule has 168 valence electrons. The summed E-state index contributed by atoms with van der Waals surface area (Å²) in [5.74, 6) is -0.204. The first-order valence-electron chi connectivity index (χ1n) is 10.6. The molecule has 3 atom stereocenters. The fourth-order valence-corrected chi connectivity index (χ4v) is 5.33. The number of hydrogen-bond acceptors (Lipinski definition) is 4.